The molecule has 0 bridgehead atoms. The van der Waals surface area contributed by atoms with Crippen molar-refractivity contribution in [3.05, 3.63) is 35.8 Å². The summed E-state index contributed by atoms with van der Waals surface area (Å²) in [4.78, 5) is 30.5. The van der Waals surface area contributed by atoms with Gasteiger partial charge in [-0.2, -0.15) is 0 Å². The third-order valence-corrected chi connectivity index (χ3v) is 5.05. The van der Waals surface area contributed by atoms with Crippen molar-refractivity contribution in [1.82, 2.24) is 19.9 Å². The van der Waals surface area contributed by atoms with Crippen LogP contribution in [0, 0.1) is 5.92 Å². The number of carbonyl (C=O) groups is 1. The van der Waals surface area contributed by atoms with Crippen LogP contribution in [0.1, 0.15) is 37.9 Å². The van der Waals surface area contributed by atoms with Crippen LogP contribution in [-0.4, -0.2) is 46.4 Å². The largest absolute Gasteiger partial charge is 0.362 e. The second-order valence-electron chi connectivity index (χ2n) is 6.95. The number of hydrogen-bond donors (Lipinski definition) is 0. The van der Waals surface area contributed by atoms with E-state index in [1.807, 2.05) is 36.0 Å². The summed E-state index contributed by atoms with van der Waals surface area (Å²) >= 11 is 0. The van der Waals surface area contributed by atoms with Crippen molar-refractivity contribution in [3.8, 4) is 11.4 Å². The molecule has 0 N–H and O–H groups in total. The highest BCUT2D eigenvalue weighted by atomic mass is 16.2. The second kappa shape index (κ2) is 7.81. The lowest BCUT2D eigenvalue weighted by Crippen LogP contribution is -2.40. The average molecular weight is 353 g/mol. The van der Waals surface area contributed by atoms with E-state index in [1.54, 1.807) is 12.4 Å². The Labute approximate surface area is 155 Å². The van der Waals surface area contributed by atoms with Crippen molar-refractivity contribution in [2.75, 3.05) is 25.5 Å². The predicted octanol–water partition coefficient (Wildman–Crippen LogP) is 2.93. The highest BCUT2D eigenvalue weighted by Crippen LogP contribution is 2.29. The monoisotopic (exact) mass is 353 g/mol. The van der Waals surface area contributed by atoms with Crippen molar-refractivity contribution in [2.45, 2.75) is 39.7 Å². The third-order valence-electron chi connectivity index (χ3n) is 5.05. The normalized spacial score (nSPS) is 13.7. The Hall–Kier alpha value is -2.50. The molecule has 6 heteroatoms. The summed E-state index contributed by atoms with van der Waals surface area (Å²) in [6.07, 6.45) is 6.06. The van der Waals surface area contributed by atoms with Gasteiger partial charge < -0.3 is 9.80 Å². The predicted molar refractivity (Wildman–Crippen MR) is 103 cm³/mol. The molecule has 26 heavy (non-hydrogen) atoms. The number of hydrogen-bond acceptors (Lipinski definition) is 5. The molecule has 0 atom stereocenters. The molecule has 6 nitrogen and oxygen atoms in total. The minimum absolute atomic E-state index is 0.103. The van der Waals surface area contributed by atoms with Crippen LogP contribution in [-0.2, 0) is 17.8 Å². The van der Waals surface area contributed by atoms with Gasteiger partial charge in [0.25, 0.3) is 0 Å². The zero-order valence-corrected chi connectivity index (χ0v) is 16.1. The summed E-state index contributed by atoms with van der Waals surface area (Å²) in [7, 11) is 4.00. The number of rotatable bonds is 5. The molecule has 0 aliphatic carbocycles. The molecule has 3 rings (SSSR count). The van der Waals surface area contributed by atoms with Gasteiger partial charge in [0.05, 0.1) is 12.2 Å². The smallest absolute Gasteiger partial charge is 0.226 e. The van der Waals surface area contributed by atoms with Crippen LogP contribution in [0.5, 0.6) is 0 Å². The minimum atomic E-state index is 0.103. The van der Waals surface area contributed by atoms with E-state index in [2.05, 4.69) is 18.8 Å². The molecule has 1 amide bonds. The standard InChI is InChI=1S/C20H27N5O/c1-5-14(6-2)20(26)25-12-9-16-17(13-25)22-18(23-19(16)24(3)4)15-7-10-21-11-8-15/h7-8,10-11,14H,5-6,9,12-13H2,1-4H3. The molecule has 1 aliphatic heterocycles. The maximum absolute atomic E-state index is 12.8. The van der Waals surface area contributed by atoms with Gasteiger partial charge >= 0.3 is 0 Å². The van der Waals surface area contributed by atoms with E-state index < -0.39 is 0 Å². The molecule has 0 unspecified atom stereocenters. The molecule has 0 aromatic carbocycles. The Morgan fingerprint density at radius 2 is 1.88 bits per heavy atom. The Morgan fingerprint density at radius 3 is 2.50 bits per heavy atom. The highest BCUT2D eigenvalue weighted by molar-refractivity contribution is 5.79. The van der Waals surface area contributed by atoms with E-state index in [0.29, 0.717) is 12.4 Å². The molecule has 1 aliphatic rings. The van der Waals surface area contributed by atoms with Gasteiger partial charge in [-0.3, -0.25) is 9.78 Å². The number of carbonyl (C=O) groups excluding carboxylic acids is 1. The molecule has 0 saturated carbocycles. The first-order valence-corrected chi connectivity index (χ1v) is 9.31. The zero-order chi connectivity index (χ0) is 18.7. The number of amides is 1. The van der Waals surface area contributed by atoms with E-state index in [-0.39, 0.29) is 11.8 Å². The van der Waals surface area contributed by atoms with E-state index in [9.17, 15) is 4.79 Å². The van der Waals surface area contributed by atoms with Crippen LogP contribution in [0.25, 0.3) is 11.4 Å². The van der Waals surface area contributed by atoms with E-state index in [0.717, 1.165) is 48.4 Å². The minimum Gasteiger partial charge on any atom is -0.362 e. The molecular weight excluding hydrogens is 326 g/mol. The van der Waals surface area contributed by atoms with Crippen LogP contribution < -0.4 is 4.90 Å². The van der Waals surface area contributed by atoms with E-state index in [4.69, 9.17) is 9.97 Å². The summed E-state index contributed by atoms with van der Waals surface area (Å²) in [6, 6.07) is 3.83. The van der Waals surface area contributed by atoms with Crippen molar-refractivity contribution >= 4 is 11.7 Å². The average Bonchev–Trinajstić information content (AvgIpc) is 2.68. The number of aromatic nitrogens is 3. The summed E-state index contributed by atoms with van der Waals surface area (Å²) < 4.78 is 0. The maximum Gasteiger partial charge on any atom is 0.226 e. The zero-order valence-electron chi connectivity index (χ0n) is 16.1. The van der Waals surface area contributed by atoms with Gasteiger partial charge in [0.2, 0.25) is 5.91 Å². The van der Waals surface area contributed by atoms with Gasteiger partial charge in [-0.05, 0) is 31.4 Å². The Bertz CT molecular complexity index is 771. The van der Waals surface area contributed by atoms with Crippen molar-refractivity contribution in [3.63, 3.8) is 0 Å². The van der Waals surface area contributed by atoms with Crippen LogP contribution in [0.15, 0.2) is 24.5 Å². The Kier molecular flexibility index (Phi) is 5.49. The van der Waals surface area contributed by atoms with Gasteiger partial charge in [-0.15, -0.1) is 0 Å². The molecule has 0 radical (unpaired) electrons. The quantitative estimate of drug-likeness (QED) is 0.827. The lowest BCUT2D eigenvalue weighted by atomic mass is 9.98. The van der Waals surface area contributed by atoms with Gasteiger partial charge in [-0.1, -0.05) is 13.8 Å². The van der Waals surface area contributed by atoms with Crippen LogP contribution in [0.4, 0.5) is 5.82 Å². The SMILES string of the molecule is CCC(CC)C(=O)N1CCc2c(nc(-c3ccncc3)nc2N(C)C)C1. The fraction of sp³-hybridized carbons (Fsp3) is 0.500. The molecule has 138 valence electrons. The van der Waals surface area contributed by atoms with Gasteiger partial charge in [-0.25, -0.2) is 9.97 Å². The summed E-state index contributed by atoms with van der Waals surface area (Å²) in [6.45, 7) is 5.46. The summed E-state index contributed by atoms with van der Waals surface area (Å²) in [5, 5.41) is 0. The first kappa shape index (κ1) is 18.3. The van der Waals surface area contributed by atoms with Crippen LogP contribution in [0.3, 0.4) is 0 Å². The fourth-order valence-electron chi connectivity index (χ4n) is 3.49. The van der Waals surface area contributed by atoms with E-state index in [1.165, 1.54) is 0 Å². The van der Waals surface area contributed by atoms with Gasteiger partial charge in [0, 0.05) is 50.1 Å². The Balaban J connectivity index is 1.98. The van der Waals surface area contributed by atoms with Crippen molar-refractivity contribution in [2.24, 2.45) is 5.92 Å². The second-order valence-corrected chi connectivity index (χ2v) is 6.95. The third kappa shape index (κ3) is 3.54. The number of fused-ring (bicyclic) bond motifs is 1. The lowest BCUT2D eigenvalue weighted by Gasteiger charge is -2.32. The van der Waals surface area contributed by atoms with Crippen molar-refractivity contribution < 1.29 is 4.79 Å². The topological polar surface area (TPSA) is 62.2 Å². The first-order chi connectivity index (χ1) is 12.5. The fourth-order valence-corrected chi connectivity index (χ4v) is 3.49. The lowest BCUT2D eigenvalue weighted by molar-refractivity contribution is -0.136. The molecule has 0 saturated heterocycles. The number of anilines is 1. The summed E-state index contributed by atoms with van der Waals surface area (Å²) in [5.74, 6) is 1.98. The summed E-state index contributed by atoms with van der Waals surface area (Å²) in [5.41, 5.74) is 3.05. The van der Waals surface area contributed by atoms with Crippen LogP contribution >= 0.6 is 0 Å². The number of nitrogens with zero attached hydrogens (tertiary/aromatic N) is 5. The molecule has 2 aromatic rings. The highest BCUT2D eigenvalue weighted by Gasteiger charge is 2.28. The van der Waals surface area contributed by atoms with Crippen molar-refractivity contribution in [1.29, 1.82) is 0 Å². The first-order valence-electron chi connectivity index (χ1n) is 9.31. The molecule has 0 fully saturated rings. The Morgan fingerprint density at radius 1 is 1.19 bits per heavy atom. The molecular formula is C20H27N5O. The van der Waals surface area contributed by atoms with Gasteiger partial charge in [0.15, 0.2) is 5.82 Å². The van der Waals surface area contributed by atoms with E-state index >= 15 is 0 Å². The maximum atomic E-state index is 12.8. The van der Waals surface area contributed by atoms with Crippen LogP contribution in [0.2, 0.25) is 0 Å². The molecule has 0 spiro atoms. The number of pyridine rings is 1. The van der Waals surface area contributed by atoms with Gasteiger partial charge in [0.1, 0.15) is 5.82 Å². The molecule has 3 heterocycles. The molecule has 2 aromatic heterocycles.